The van der Waals surface area contributed by atoms with E-state index in [4.69, 9.17) is 11.6 Å². The minimum Gasteiger partial charge on any atom is -0.480 e. The molecular formula is C13H14BrClN2O3S. The molecule has 1 saturated heterocycles. The molecule has 1 aromatic rings. The summed E-state index contributed by atoms with van der Waals surface area (Å²) >= 11 is 10.7. The van der Waals surface area contributed by atoms with E-state index in [1.807, 2.05) is 6.92 Å². The largest absolute Gasteiger partial charge is 0.480 e. The van der Waals surface area contributed by atoms with Gasteiger partial charge in [-0.1, -0.05) is 18.5 Å². The second-order valence-corrected chi connectivity index (χ2v) is 6.99. The van der Waals surface area contributed by atoms with Gasteiger partial charge >= 0.3 is 12.0 Å². The average molecular weight is 394 g/mol. The topological polar surface area (TPSA) is 69.6 Å². The number of rotatable bonds is 3. The van der Waals surface area contributed by atoms with Crippen molar-refractivity contribution in [1.29, 1.82) is 0 Å². The number of amides is 2. The number of thioether (sulfide) groups is 1. The minimum absolute atomic E-state index is 0.123. The molecular weight excluding hydrogens is 380 g/mol. The zero-order chi connectivity index (χ0) is 15.6. The van der Waals surface area contributed by atoms with Gasteiger partial charge in [-0.2, -0.15) is 0 Å². The molecule has 2 rings (SSSR count). The minimum atomic E-state index is -0.981. The smallest absolute Gasteiger partial charge is 0.327 e. The normalized spacial score (nSPS) is 21.4. The molecule has 1 heterocycles. The summed E-state index contributed by atoms with van der Waals surface area (Å²) < 4.78 is 0.666. The zero-order valence-corrected chi connectivity index (χ0v) is 14.3. The van der Waals surface area contributed by atoms with Crippen molar-refractivity contribution in [2.75, 3.05) is 11.1 Å². The molecule has 0 spiro atoms. The molecule has 2 N–H and O–H groups in total. The zero-order valence-electron chi connectivity index (χ0n) is 11.2. The van der Waals surface area contributed by atoms with E-state index in [0.29, 0.717) is 27.4 Å². The van der Waals surface area contributed by atoms with Crippen LogP contribution in [0.3, 0.4) is 0 Å². The lowest BCUT2D eigenvalue weighted by Crippen LogP contribution is -2.47. The Balaban J connectivity index is 2.16. The van der Waals surface area contributed by atoms with Crippen molar-refractivity contribution in [3.8, 4) is 0 Å². The number of hydrogen-bond donors (Lipinski definition) is 2. The van der Waals surface area contributed by atoms with E-state index in [1.54, 1.807) is 18.2 Å². The van der Waals surface area contributed by atoms with Gasteiger partial charge in [0.25, 0.3) is 0 Å². The highest BCUT2D eigenvalue weighted by Gasteiger charge is 2.40. The first kappa shape index (κ1) is 16.5. The number of carbonyl (C=O) groups is 2. The molecule has 0 bridgehead atoms. The molecule has 21 heavy (non-hydrogen) atoms. The first-order valence-corrected chi connectivity index (χ1v) is 8.54. The summed E-state index contributed by atoms with van der Waals surface area (Å²) in [5.74, 6) is -0.572. The molecule has 0 saturated carbocycles. The second kappa shape index (κ2) is 6.89. The summed E-state index contributed by atoms with van der Waals surface area (Å²) in [6.07, 6.45) is 0.701. The number of carbonyl (C=O) groups excluding carboxylic acids is 1. The third-order valence-electron chi connectivity index (χ3n) is 3.13. The van der Waals surface area contributed by atoms with E-state index in [9.17, 15) is 14.7 Å². The maximum Gasteiger partial charge on any atom is 0.327 e. The number of benzene rings is 1. The Morgan fingerprint density at radius 1 is 1.57 bits per heavy atom. The fraction of sp³-hybridized carbons (Fsp3) is 0.385. The lowest BCUT2D eigenvalue weighted by molar-refractivity contribution is -0.141. The lowest BCUT2D eigenvalue weighted by Gasteiger charge is -2.26. The van der Waals surface area contributed by atoms with Gasteiger partial charge in [-0.3, -0.25) is 4.90 Å². The summed E-state index contributed by atoms with van der Waals surface area (Å²) in [7, 11) is 0. The van der Waals surface area contributed by atoms with Crippen LogP contribution in [0.5, 0.6) is 0 Å². The number of carboxylic acids is 1. The Morgan fingerprint density at radius 3 is 2.86 bits per heavy atom. The highest BCUT2D eigenvalue weighted by Crippen LogP contribution is 2.32. The van der Waals surface area contributed by atoms with Crippen LogP contribution in [0.2, 0.25) is 5.02 Å². The number of hydrogen-bond acceptors (Lipinski definition) is 3. The Labute approximate surface area is 140 Å². The monoisotopic (exact) mass is 392 g/mol. The van der Waals surface area contributed by atoms with Crippen molar-refractivity contribution >= 4 is 57.0 Å². The number of urea groups is 1. The van der Waals surface area contributed by atoms with E-state index in [2.05, 4.69) is 21.2 Å². The molecule has 2 amide bonds. The fourth-order valence-electron chi connectivity index (χ4n) is 2.10. The second-order valence-electron chi connectivity index (χ2n) is 4.52. The van der Waals surface area contributed by atoms with Gasteiger partial charge in [-0.05, 0) is 40.5 Å². The SMILES string of the molecule is CCC1SCC(C(=O)O)N1C(=O)Nc1ccc(Cl)c(Br)c1. The third-order valence-corrected chi connectivity index (χ3v) is 5.80. The molecule has 0 radical (unpaired) electrons. The lowest BCUT2D eigenvalue weighted by atomic mass is 10.2. The predicted molar refractivity (Wildman–Crippen MR) is 88.0 cm³/mol. The Morgan fingerprint density at radius 2 is 2.29 bits per heavy atom. The number of halogens is 2. The summed E-state index contributed by atoms with van der Waals surface area (Å²) in [4.78, 5) is 25.1. The fourth-order valence-corrected chi connectivity index (χ4v) is 3.95. The van der Waals surface area contributed by atoms with Gasteiger partial charge in [0.2, 0.25) is 0 Å². The summed E-state index contributed by atoms with van der Waals surface area (Å²) in [6, 6.07) is 3.81. The van der Waals surface area contributed by atoms with Crippen molar-refractivity contribution in [3.05, 3.63) is 27.7 Å². The van der Waals surface area contributed by atoms with Crippen LogP contribution in [0.15, 0.2) is 22.7 Å². The number of carboxylic acid groups (broad SMARTS) is 1. The predicted octanol–water partition coefficient (Wildman–Crippen LogP) is 3.87. The standard InChI is InChI=1S/C13H14BrClN2O3S/c1-2-11-17(10(6-21-11)12(18)19)13(20)16-7-3-4-9(15)8(14)5-7/h3-5,10-11H,2,6H2,1H3,(H,16,20)(H,18,19). The molecule has 1 aliphatic heterocycles. The van der Waals surface area contributed by atoms with E-state index in [-0.39, 0.29) is 5.37 Å². The molecule has 2 atom stereocenters. The van der Waals surface area contributed by atoms with Gasteiger partial charge in [-0.25, -0.2) is 9.59 Å². The first-order valence-electron chi connectivity index (χ1n) is 6.32. The van der Waals surface area contributed by atoms with Gasteiger partial charge in [-0.15, -0.1) is 11.8 Å². The van der Waals surface area contributed by atoms with Crippen LogP contribution >= 0.6 is 39.3 Å². The van der Waals surface area contributed by atoms with Crippen LogP contribution < -0.4 is 5.32 Å². The Kier molecular flexibility index (Phi) is 5.40. The van der Waals surface area contributed by atoms with Crippen molar-refractivity contribution in [1.82, 2.24) is 4.90 Å². The first-order chi connectivity index (χ1) is 9.93. The summed E-state index contributed by atoms with van der Waals surface area (Å²) in [5, 5.41) is 12.4. The van der Waals surface area contributed by atoms with Crippen LogP contribution in [0.25, 0.3) is 0 Å². The van der Waals surface area contributed by atoms with Crippen LogP contribution in [0, 0.1) is 0 Å². The molecule has 1 aromatic carbocycles. The Hall–Kier alpha value is -0.920. The summed E-state index contributed by atoms with van der Waals surface area (Å²) in [5.41, 5.74) is 0.562. The van der Waals surface area contributed by atoms with Gasteiger partial charge in [0.05, 0.1) is 10.4 Å². The highest BCUT2D eigenvalue weighted by molar-refractivity contribution is 9.10. The molecule has 5 nitrogen and oxygen atoms in total. The van der Waals surface area contributed by atoms with Crippen LogP contribution in [0.4, 0.5) is 10.5 Å². The molecule has 2 unspecified atom stereocenters. The van der Waals surface area contributed by atoms with Crippen molar-refractivity contribution in [2.45, 2.75) is 24.8 Å². The van der Waals surface area contributed by atoms with E-state index in [0.717, 1.165) is 0 Å². The molecule has 0 aliphatic carbocycles. The van der Waals surface area contributed by atoms with E-state index >= 15 is 0 Å². The number of nitrogens with one attached hydrogen (secondary N) is 1. The van der Waals surface area contributed by atoms with Crippen LogP contribution in [0.1, 0.15) is 13.3 Å². The van der Waals surface area contributed by atoms with Gasteiger partial charge < -0.3 is 10.4 Å². The Bertz CT molecular complexity index is 572. The maximum absolute atomic E-state index is 12.4. The van der Waals surface area contributed by atoms with Crippen LogP contribution in [-0.4, -0.2) is 39.2 Å². The number of nitrogens with zero attached hydrogens (tertiary/aromatic N) is 1. The molecule has 1 aliphatic rings. The number of anilines is 1. The number of aliphatic carboxylic acids is 1. The van der Waals surface area contributed by atoms with Crippen LogP contribution in [-0.2, 0) is 4.79 Å². The van der Waals surface area contributed by atoms with Gasteiger partial charge in [0.15, 0.2) is 0 Å². The quantitative estimate of drug-likeness (QED) is 0.818. The molecule has 8 heteroatoms. The van der Waals surface area contributed by atoms with Crippen molar-refractivity contribution in [3.63, 3.8) is 0 Å². The van der Waals surface area contributed by atoms with E-state index in [1.165, 1.54) is 16.7 Å². The molecule has 0 aromatic heterocycles. The maximum atomic E-state index is 12.4. The molecule has 1 fully saturated rings. The highest BCUT2D eigenvalue weighted by atomic mass is 79.9. The van der Waals surface area contributed by atoms with Crippen molar-refractivity contribution < 1.29 is 14.7 Å². The van der Waals surface area contributed by atoms with E-state index < -0.39 is 18.0 Å². The molecule has 114 valence electrons. The van der Waals surface area contributed by atoms with Crippen molar-refractivity contribution in [2.24, 2.45) is 0 Å². The van der Waals surface area contributed by atoms with Gasteiger partial charge in [0, 0.05) is 15.9 Å². The third kappa shape index (κ3) is 3.64. The average Bonchev–Trinajstić information content (AvgIpc) is 2.87. The van der Waals surface area contributed by atoms with Gasteiger partial charge in [0.1, 0.15) is 6.04 Å². The summed E-state index contributed by atoms with van der Waals surface area (Å²) in [6.45, 7) is 1.93.